The van der Waals surface area contributed by atoms with E-state index in [4.69, 9.17) is 0 Å². The molecule has 0 aliphatic rings. The van der Waals surface area contributed by atoms with E-state index in [-0.39, 0.29) is 0 Å². The van der Waals surface area contributed by atoms with Gasteiger partial charge in [0.1, 0.15) is 0 Å². The van der Waals surface area contributed by atoms with E-state index >= 15 is 0 Å². The van der Waals surface area contributed by atoms with E-state index in [0.717, 1.165) is 11.4 Å². The third-order valence-corrected chi connectivity index (χ3v) is 8.93. The summed E-state index contributed by atoms with van der Waals surface area (Å²) in [6.07, 6.45) is 0. The first-order chi connectivity index (χ1) is 21.9. The molecule has 2 heterocycles. The maximum atomic E-state index is 2.46. The van der Waals surface area contributed by atoms with Crippen LogP contribution in [0, 0.1) is 0 Å². The smallest absolute Gasteiger partial charge is 0.0709 e. The van der Waals surface area contributed by atoms with Gasteiger partial charge in [0, 0.05) is 21.5 Å². The number of hydrogen-bond donors (Lipinski definition) is 0. The highest BCUT2D eigenvalue weighted by Crippen LogP contribution is 2.43. The quantitative estimate of drug-likeness (QED) is 0.203. The van der Waals surface area contributed by atoms with Crippen LogP contribution in [0.5, 0.6) is 0 Å². The zero-order chi connectivity index (χ0) is 29.0. The molecule has 2 heteroatoms. The molecule has 9 aromatic rings. The van der Waals surface area contributed by atoms with Gasteiger partial charge in [-0.2, -0.15) is 0 Å². The molecule has 0 amide bonds. The van der Waals surface area contributed by atoms with Crippen molar-refractivity contribution in [3.63, 3.8) is 0 Å². The fourth-order valence-electron chi connectivity index (χ4n) is 7.01. The molecule has 9 rings (SSSR count). The molecule has 0 unspecified atom stereocenters. The number of para-hydroxylation sites is 4. The van der Waals surface area contributed by atoms with Gasteiger partial charge in [0.2, 0.25) is 0 Å². The molecular weight excluding hydrogens is 532 g/mol. The predicted molar refractivity (Wildman–Crippen MR) is 186 cm³/mol. The Morgan fingerprint density at radius 2 is 0.545 bits per heavy atom. The molecule has 0 bridgehead atoms. The number of fused-ring (bicyclic) bond motifs is 6. The topological polar surface area (TPSA) is 9.86 Å². The van der Waals surface area contributed by atoms with E-state index in [2.05, 4.69) is 179 Å². The third-order valence-electron chi connectivity index (χ3n) is 8.93. The van der Waals surface area contributed by atoms with E-state index in [1.165, 1.54) is 65.9 Å². The van der Waals surface area contributed by atoms with Crippen LogP contribution in [0.15, 0.2) is 170 Å². The molecule has 0 saturated carbocycles. The summed E-state index contributed by atoms with van der Waals surface area (Å²) in [5.74, 6) is 0. The standard InChI is InChI=1S/C42H28N2/c1-3-15-29(16-4-1)35-27-41(43-37-23-11-7-19-31(37)32-20-8-12-24-38(32)43)42(28-36(35)30-17-5-2-6-18-30)44-39-25-13-9-21-33(39)34-22-10-14-26-40(34)44/h1-28H. The highest BCUT2D eigenvalue weighted by Gasteiger charge is 2.22. The fraction of sp³-hybridized carbons (Fsp3) is 0. The second kappa shape index (κ2) is 9.86. The van der Waals surface area contributed by atoms with E-state index in [0.29, 0.717) is 0 Å². The summed E-state index contributed by atoms with van der Waals surface area (Å²) in [4.78, 5) is 0. The fourth-order valence-corrected chi connectivity index (χ4v) is 7.01. The van der Waals surface area contributed by atoms with Crippen LogP contribution >= 0.6 is 0 Å². The Hall–Kier alpha value is -5.86. The summed E-state index contributed by atoms with van der Waals surface area (Å²) >= 11 is 0. The van der Waals surface area contributed by atoms with Crippen molar-refractivity contribution in [3.8, 4) is 33.6 Å². The van der Waals surface area contributed by atoms with Gasteiger partial charge in [-0.3, -0.25) is 0 Å². The lowest BCUT2D eigenvalue weighted by molar-refractivity contribution is 1.10. The van der Waals surface area contributed by atoms with Crippen LogP contribution in [0.4, 0.5) is 0 Å². The molecule has 0 radical (unpaired) electrons. The maximum absolute atomic E-state index is 2.46. The lowest BCUT2D eigenvalue weighted by atomic mass is 9.93. The number of aromatic nitrogens is 2. The Bertz CT molecular complexity index is 2200. The second-order valence-electron chi connectivity index (χ2n) is 11.4. The Balaban J connectivity index is 1.51. The summed E-state index contributed by atoms with van der Waals surface area (Å²) in [6, 6.07) is 61.5. The second-order valence-corrected chi connectivity index (χ2v) is 11.4. The van der Waals surface area contributed by atoms with Crippen molar-refractivity contribution in [2.75, 3.05) is 0 Å². The van der Waals surface area contributed by atoms with E-state index < -0.39 is 0 Å². The Labute approximate surface area is 255 Å². The van der Waals surface area contributed by atoms with Crippen molar-refractivity contribution >= 4 is 43.6 Å². The lowest BCUT2D eigenvalue weighted by Crippen LogP contribution is -2.05. The van der Waals surface area contributed by atoms with Crippen molar-refractivity contribution in [2.45, 2.75) is 0 Å². The molecule has 0 saturated heterocycles. The molecule has 44 heavy (non-hydrogen) atoms. The van der Waals surface area contributed by atoms with Crippen LogP contribution in [0.2, 0.25) is 0 Å². The van der Waals surface area contributed by atoms with E-state index in [1.807, 2.05) is 0 Å². The summed E-state index contributed by atoms with van der Waals surface area (Å²) in [5.41, 5.74) is 11.9. The van der Waals surface area contributed by atoms with Gasteiger partial charge in [0.25, 0.3) is 0 Å². The Morgan fingerprint density at radius 1 is 0.273 bits per heavy atom. The minimum absolute atomic E-state index is 1.15. The van der Waals surface area contributed by atoms with Gasteiger partial charge >= 0.3 is 0 Å². The summed E-state index contributed by atoms with van der Waals surface area (Å²) < 4.78 is 4.93. The predicted octanol–water partition coefficient (Wildman–Crippen LogP) is 11.2. The zero-order valence-electron chi connectivity index (χ0n) is 24.1. The molecule has 206 valence electrons. The lowest BCUT2D eigenvalue weighted by Gasteiger charge is -2.21. The van der Waals surface area contributed by atoms with Gasteiger partial charge < -0.3 is 9.13 Å². The van der Waals surface area contributed by atoms with Crippen LogP contribution in [0.1, 0.15) is 0 Å². The van der Waals surface area contributed by atoms with Crippen LogP contribution in [-0.2, 0) is 0 Å². The van der Waals surface area contributed by atoms with Gasteiger partial charge in [-0.15, -0.1) is 0 Å². The minimum atomic E-state index is 1.15. The Morgan fingerprint density at radius 3 is 0.864 bits per heavy atom. The molecule has 0 aliphatic carbocycles. The molecule has 0 fully saturated rings. The minimum Gasteiger partial charge on any atom is -0.307 e. The van der Waals surface area contributed by atoms with Crippen molar-refractivity contribution in [1.82, 2.24) is 9.13 Å². The average Bonchev–Trinajstić information content (AvgIpc) is 3.62. The molecule has 0 atom stereocenters. The van der Waals surface area contributed by atoms with Gasteiger partial charge in [-0.1, -0.05) is 133 Å². The van der Waals surface area contributed by atoms with Crippen LogP contribution in [0.25, 0.3) is 77.2 Å². The zero-order valence-corrected chi connectivity index (χ0v) is 24.1. The SMILES string of the molecule is c1ccc(-c2cc(-n3c4ccccc4c4ccccc43)c(-n3c4ccccc4c4ccccc43)cc2-c2ccccc2)cc1. The van der Waals surface area contributed by atoms with Gasteiger partial charge in [0.15, 0.2) is 0 Å². The number of hydrogen-bond acceptors (Lipinski definition) is 0. The highest BCUT2D eigenvalue weighted by molar-refractivity contribution is 6.12. The van der Waals surface area contributed by atoms with Crippen molar-refractivity contribution in [1.29, 1.82) is 0 Å². The monoisotopic (exact) mass is 560 g/mol. The first-order valence-corrected chi connectivity index (χ1v) is 15.1. The maximum Gasteiger partial charge on any atom is 0.0709 e. The first kappa shape index (κ1) is 24.7. The van der Waals surface area contributed by atoms with E-state index in [1.54, 1.807) is 0 Å². The summed E-state index contributed by atoms with van der Waals surface area (Å²) in [6.45, 7) is 0. The van der Waals surface area contributed by atoms with Gasteiger partial charge in [0.05, 0.1) is 33.4 Å². The first-order valence-electron chi connectivity index (χ1n) is 15.1. The molecule has 0 N–H and O–H groups in total. The number of rotatable bonds is 4. The number of nitrogens with zero attached hydrogens (tertiary/aromatic N) is 2. The summed E-state index contributed by atoms with van der Waals surface area (Å²) in [7, 11) is 0. The Kier molecular flexibility index (Phi) is 5.54. The summed E-state index contributed by atoms with van der Waals surface area (Å²) in [5, 5.41) is 5.02. The van der Waals surface area contributed by atoms with Crippen LogP contribution in [-0.4, -0.2) is 9.13 Å². The van der Waals surface area contributed by atoms with Crippen LogP contribution in [0.3, 0.4) is 0 Å². The largest absolute Gasteiger partial charge is 0.307 e. The molecular formula is C42H28N2. The van der Waals surface area contributed by atoms with E-state index in [9.17, 15) is 0 Å². The van der Waals surface area contributed by atoms with Crippen molar-refractivity contribution in [3.05, 3.63) is 170 Å². The molecule has 0 aliphatic heterocycles. The normalized spacial score (nSPS) is 11.6. The molecule has 2 aromatic heterocycles. The third kappa shape index (κ3) is 3.68. The molecule has 0 spiro atoms. The average molecular weight is 561 g/mol. The van der Waals surface area contributed by atoms with Crippen LogP contribution < -0.4 is 0 Å². The van der Waals surface area contributed by atoms with Crippen molar-refractivity contribution < 1.29 is 0 Å². The van der Waals surface area contributed by atoms with Gasteiger partial charge in [-0.05, 0) is 58.7 Å². The number of benzene rings is 7. The highest BCUT2D eigenvalue weighted by atomic mass is 15.1. The molecule has 2 nitrogen and oxygen atoms in total. The van der Waals surface area contributed by atoms with Gasteiger partial charge in [-0.25, -0.2) is 0 Å². The molecule has 7 aromatic carbocycles. The van der Waals surface area contributed by atoms with Crippen molar-refractivity contribution in [2.24, 2.45) is 0 Å².